The van der Waals surface area contributed by atoms with Crippen LogP contribution in [0.1, 0.15) is 68.2 Å². The number of nitrogens with zero attached hydrogens (tertiary/aromatic N) is 1. The summed E-state index contributed by atoms with van der Waals surface area (Å²) in [5.41, 5.74) is 3.14. The molecule has 0 spiro atoms. The predicted molar refractivity (Wildman–Crippen MR) is 132 cm³/mol. The Balaban J connectivity index is 1.98. The molecule has 0 aliphatic carbocycles. The third-order valence-corrected chi connectivity index (χ3v) is 6.97. The summed E-state index contributed by atoms with van der Waals surface area (Å²) in [6.07, 6.45) is 5.00. The molecule has 1 saturated heterocycles. The van der Waals surface area contributed by atoms with Crippen LogP contribution in [0.3, 0.4) is 0 Å². The third-order valence-electron chi connectivity index (χ3n) is 6.33. The molecule has 1 amide bonds. The second-order valence-corrected chi connectivity index (χ2v) is 9.86. The van der Waals surface area contributed by atoms with Gasteiger partial charge >= 0.3 is 0 Å². The van der Waals surface area contributed by atoms with Gasteiger partial charge in [0, 0.05) is 18.9 Å². The van der Waals surface area contributed by atoms with Crippen molar-refractivity contribution in [3.8, 4) is 5.75 Å². The summed E-state index contributed by atoms with van der Waals surface area (Å²) in [6.45, 7) is 4.73. The summed E-state index contributed by atoms with van der Waals surface area (Å²) >= 11 is 1.77. The number of rotatable bonds is 8. The molecule has 1 heterocycles. The zero-order valence-electron chi connectivity index (χ0n) is 19.7. The molecular formula is C27H35NO3S. The van der Waals surface area contributed by atoms with Crippen LogP contribution < -0.4 is 4.74 Å². The quantitative estimate of drug-likeness (QED) is 0.491. The van der Waals surface area contributed by atoms with Crippen LogP contribution in [0.4, 0.5) is 0 Å². The van der Waals surface area contributed by atoms with Crippen molar-refractivity contribution in [2.24, 2.45) is 5.92 Å². The Hall–Kier alpha value is -2.27. The van der Waals surface area contributed by atoms with E-state index in [9.17, 15) is 9.59 Å². The fourth-order valence-electron chi connectivity index (χ4n) is 4.37. The van der Waals surface area contributed by atoms with Crippen LogP contribution in [0.15, 0.2) is 48.5 Å². The Morgan fingerprint density at radius 3 is 2.34 bits per heavy atom. The normalized spacial score (nSPS) is 19.7. The third kappa shape index (κ3) is 5.94. The van der Waals surface area contributed by atoms with Gasteiger partial charge in [0.05, 0.1) is 7.11 Å². The van der Waals surface area contributed by atoms with Crippen LogP contribution in [0, 0.1) is 5.92 Å². The number of amides is 1. The summed E-state index contributed by atoms with van der Waals surface area (Å²) in [5, 5.41) is 0. The largest absolute Gasteiger partial charge is 0.497 e. The van der Waals surface area contributed by atoms with Gasteiger partial charge in [0.25, 0.3) is 0 Å². The van der Waals surface area contributed by atoms with Gasteiger partial charge in [0.15, 0.2) is 5.78 Å². The maximum atomic E-state index is 13.8. The summed E-state index contributed by atoms with van der Waals surface area (Å²) in [7, 11) is 1.64. The minimum atomic E-state index is -0.539. The van der Waals surface area contributed by atoms with Crippen LogP contribution in [-0.4, -0.2) is 35.7 Å². The highest BCUT2D eigenvalue weighted by molar-refractivity contribution is 7.98. The maximum Gasteiger partial charge on any atom is 0.226 e. The summed E-state index contributed by atoms with van der Waals surface area (Å²) < 4.78 is 5.28. The standard InChI is InChI=1S/C27H35NO3S/c1-19(2)21-10-12-22(13-11-21)26-25(29)7-5-6-23(16-17-32-4)27(30)28(26)18-20-8-14-24(31-3)15-9-20/h8-15,19,23,26H,5-7,16-18H2,1-4H3. The lowest BCUT2D eigenvalue weighted by Crippen LogP contribution is -2.43. The number of ketones is 1. The summed E-state index contributed by atoms with van der Waals surface area (Å²) in [4.78, 5) is 28.9. The molecule has 3 rings (SSSR count). The highest BCUT2D eigenvalue weighted by atomic mass is 32.2. The number of likely N-dealkylation sites (tertiary alicyclic amines) is 1. The number of carbonyl (C=O) groups excluding carboxylic acids is 2. The van der Waals surface area contributed by atoms with Crippen molar-refractivity contribution in [3.63, 3.8) is 0 Å². The van der Waals surface area contributed by atoms with E-state index in [4.69, 9.17) is 4.74 Å². The number of ether oxygens (including phenoxy) is 1. The highest BCUT2D eigenvalue weighted by Crippen LogP contribution is 2.33. The van der Waals surface area contributed by atoms with Crippen molar-refractivity contribution < 1.29 is 14.3 Å². The lowest BCUT2D eigenvalue weighted by molar-refractivity contribution is -0.146. The fraction of sp³-hybridized carbons (Fsp3) is 0.481. The molecule has 0 saturated carbocycles. The lowest BCUT2D eigenvalue weighted by atomic mass is 9.88. The molecule has 1 aliphatic heterocycles. The monoisotopic (exact) mass is 453 g/mol. The van der Waals surface area contributed by atoms with Gasteiger partial charge in [-0.05, 0) is 66.0 Å². The van der Waals surface area contributed by atoms with Crippen LogP contribution in [0.5, 0.6) is 5.75 Å². The lowest BCUT2D eigenvalue weighted by Gasteiger charge is -2.36. The zero-order chi connectivity index (χ0) is 23.1. The van der Waals surface area contributed by atoms with E-state index in [-0.39, 0.29) is 17.6 Å². The first-order valence-electron chi connectivity index (χ1n) is 11.5. The van der Waals surface area contributed by atoms with Gasteiger partial charge in [-0.15, -0.1) is 0 Å². The number of benzene rings is 2. The van der Waals surface area contributed by atoms with Gasteiger partial charge < -0.3 is 9.64 Å². The molecule has 1 aliphatic rings. The summed E-state index contributed by atoms with van der Waals surface area (Å²) in [5.74, 6) is 2.35. The van der Waals surface area contributed by atoms with Crippen molar-refractivity contribution in [1.29, 1.82) is 0 Å². The topological polar surface area (TPSA) is 46.6 Å². The number of methoxy groups -OCH3 is 1. The van der Waals surface area contributed by atoms with Gasteiger partial charge in [0.1, 0.15) is 11.8 Å². The van der Waals surface area contributed by atoms with Gasteiger partial charge in [-0.2, -0.15) is 11.8 Å². The van der Waals surface area contributed by atoms with Gasteiger partial charge in [-0.25, -0.2) is 0 Å². The smallest absolute Gasteiger partial charge is 0.226 e. The number of thioether (sulfide) groups is 1. The average molecular weight is 454 g/mol. The van der Waals surface area contributed by atoms with Crippen LogP contribution in [0.2, 0.25) is 0 Å². The second-order valence-electron chi connectivity index (χ2n) is 8.88. The summed E-state index contributed by atoms with van der Waals surface area (Å²) in [6, 6.07) is 15.5. The molecule has 0 aromatic heterocycles. The molecular weight excluding hydrogens is 418 g/mol. The van der Waals surface area contributed by atoms with Crippen molar-refractivity contribution in [2.45, 2.75) is 58.0 Å². The first-order chi connectivity index (χ1) is 15.4. The molecule has 4 nitrogen and oxygen atoms in total. The van der Waals surface area contributed by atoms with E-state index in [2.05, 4.69) is 32.2 Å². The predicted octanol–water partition coefficient (Wildman–Crippen LogP) is 6.01. The Morgan fingerprint density at radius 1 is 1.06 bits per heavy atom. The van der Waals surface area contributed by atoms with Crippen LogP contribution in [-0.2, 0) is 16.1 Å². The van der Waals surface area contributed by atoms with E-state index in [1.807, 2.05) is 41.3 Å². The molecule has 2 atom stereocenters. The minimum absolute atomic E-state index is 0.0359. The maximum absolute atomic E-state index is 13.8. The molecule has 0 N–H and O–H groups in total. The van der Waals surface area contributed by atoms with Gasteiger partial charge in [0.2, 0.25) is 5.91 Å². The van der Waals surface area contributed by atoms with Gasteiger partial charge in [-0.1, -0.05) is 50.2 Å². The first-order valence-corrected chi connectivity index (χ1v) is 12.9. The second kappa shape index (κ2) is 11.6. The average Bonchev–Trinajstić information content (AvgIpc) is 2.80. The fourth-order valence-corrected chi connectivity index (χ4v) is 4.89. The van der Waals surface area contributed by atoms with E-state index in [1.165, 1.54) is 5.56 Å². The Labute approximate surface area is 196 Å². The van der Waals surface area contributed by atoms with Crippen molar-refractivity contribution in [1.82, 2.24) is 4.90 Å². The van der Waals surface area contributed by atoms with E-state index >= 15 is 0 Å². The number of Topliss-reactive ketones (excluding diaryl/α,β-unsaturated/α-hetero) is 1. The molecule has 1 fully saturated rings. The van der Waals surface area contributed by atoms with E-state index in [0.29, 0.717) is 18.9 Å². The van der Waals surface area contributed by atoms with Gasteiger partial charge in [-0.3, -0.25) is 9.59 Å². The molecule has 172 valence electrons. The number of carbonyl (C=O) groups is 2. The van der Waals surface area contributed by atoms with Crippen molar-refractivity contribution in [2.75, 3.05) is 19.1 Å². The molecule has 2 aromatic rings. The van der Waals surface area contributed by atoms with Crippen LogP contribution in [0.25, 0.3) is 0 Å². The number of hydrogen-bond donors (Lipinski definition) is 0. The number of hydrogen-bond acceptors (Lipinski definition) is 4. The molecule has 5 heteroatoms. The van der Waals surface area contributed by atoms with E-state index in [1.54, 1.807) is 18.9 Å². The molecule has 2 unspecified atom stereocenters. The van der Waals surface area contributed by atoms with E-state index in [0.717, 1.165) is 41.9 Å². The molecule has 32 heavy (non-hydrogen) atoms. The van der Waals surface area contributed by atoms with Crippen LogP contribution >= 0.6 is 11.8 Å². The Kier molecular flexibility index (Phi) is 8.80. The molecule has 2 aromatic carbocycles. The first kappa shape index (κ1) is 24.4. The van der Waals surface area contributed by atoms with E-state index < -0.39 is 6.04 Å². The minimum Gasteiger partial charge on any atom is -0.497 e. The zero-order valence-corrected chi connectivity index (χ0v) is 20.5. The Morgan fingerprint density at radius 2 is 1.75 bits per heavy atom. The highest BCUT2D eigenvalue weighted by Gasteiger charge is 2.36. The molecule has 0 bridgehead atoms. The van der Waals surface area contributed by atoms with Crippen molar-refractivity contribution in [3.05, 3.63) is 65.2 Å². The molecule has 0 radical (unpaired) electrons. The van der Waals surface area contributed by atoms with Crippen molar-refractivity contribution >= 4 is 23.5 Å². The Bertz CT molecular complexity index is 892. The SMILES string of the molecule is COc1ccc(CN2C(=O)C(CCSC)CCCC(=O)C2c2ccc(C(C)C)cc2)cc1.